The van der Waals surface area contributed by atoms with Gasteiger partial charge in [0.05, 0.1) is 28.1 Å². The second-order valence-corrected chi connectivity index (χ2v) is 13.4. The predicted molar refractivity (Wildman–Crippen MR) is 168 cm³/mol. The van der Waals surface area contributed by atoms with E-state index < -0.39 is 17.7 Å². The van der Waals surface area contributed by atoms with Gasteiger partial charge in [0, 0.05) is 33.1 Å². The number of amides is 2. The van der Waals surface area contributed by atoms with E-state index in [2.05, 4.69) is 22.1 Å². The van der Waals surface area contributed by atoms with E-state index in [-0.39, 0.29) is 18.5 Å². The summed E-state index contributed by atoms with van der Waals surface area (Å²) >= 11 is 1.56. The number of nitrogen functional groups attached to an aromatic ring is 1. The number of likely N-dealkylation sites (tertiary alicyclic amines) is 1. The van der Waals surface area contributed by atoms with Crippen molar-refractivity contribution in [2.45, 2.75) is 51.8 Å². The molecule has 13 heteroatoms. The summed E-state index contributed by atoms with van der Waals surface area (Å²) in [4.78, 5) is 42.1. The van der Waals surface area contributed by atoms with E-state index in [4.69, 9.17) is 20.3 Å². The van der Waals surface area contributed by atoms with Crippen LogP contribution < -0.4 is 10.5 Å². The maximum atomic E-state index is 13.7. The Morgan fingerprint density at radius 3 is 2.56 bits per heavy atom. The Kier molecular flexibility index (Phi) is 8.23. The minimum atomic E-state index is -0.717. The Labute approximate surface area is 255 Å². The number of carbonyl (C=O) groups is 2. The lowest BCUT2D eigenvalue weighted by Gasteiger charge is -2.30. The molecule has 0 aliphatic carbocycles. The molecule has 0 bridgehead atoms. The third-order valence-electron chi connectivity index (χ3n) is 7.49. The van der Waals surface area contributed by atoms with Crippen LogP contribution in [0.2, 0.25) is 0 Å². The molecule has 2 unspecified atom stereocenters. The lowest BCUT2D eigenvalue weighted by molar-refractivity contribution is -0.134. The van der Waals surface area contributed by atoms with Crippen LogP contribution in [0.5, 0.6) is 5.75 Å². The van der Waals surface area contributed by atoms with Crippen LogP contribution in [0.1, 0.15) is 38.8 Å². The Hall–Kier alpha value is -3.97. The van der Waals surface area contributed by atoms with Gasteiger partial charge in [-0.25, -0.2) is 19.4 Å². The van der Waals surface area contributed by atoms with Crippen molar-refractivity contribution in [1.82, 2.24) is 34.4 Å². The fourth-order valence-corrected chi connectivity index (χ4v) is 6.54. The van der Waals surface area contributed by atoms with Crippen molar-refractivity contribution in [2.24, 2.45) is 0 Å². The van der Waals surface area contributed by atoms with Gasteiger partial charge in [0.1, 0.15) is 35.2 Å². The molecule has 1 aromatic carbocycles. The molecular weight excluding hydrogens is 568 g/mol. The summed E-state index contributed by atoms with van der Waals surface area (Å²) in [5, 5.41) is 6.71. The van der Waals surface area contributed by atoms with E-state index in [0.29, 0.717) is 42.1 Å². The van der Waals surface area contributed by atoms with Crippen LogP contribution >= 0.6 is 11.3 Å². The molecule has 4 heterocycles. The number of fused-ring (bicyclic) bond motifs is 2. The molecule has 3 aromatic heterocycles. The van der Waals surface area contributed by atoms with Crippen molar-refractivity contribution < 1.29 is 19.1 Å². The highest BCUT2D eigenvalue weighted by Gasteiger charge is 2.44. The van der Waals surface area contributed by atoms with Crippen LogP contribution in [0.3, 0.4) is 0 Å². The van der Waals surface area contributed by atoms with Crippen LogP contribution in [-0.2, 0) is 9.53 Å². The molecule has 2 amide bonds. The van der Waals surface area contributed by atoms with Crippen LogP contribution in [0, 0.1) is 6.92 Å². The van der Waals surface area contributed by atoms with Gasteiger partial charge in [-0.15, -0.1) is 11.3 Å². The summed E-state index contributed by atoms with van der Waals surface area (Å²) in [7, 11) is 7.34. The number of aromatic nitrogens is 4. The van der Waals surface area contributed by atoms with E-state index >= 15 is 0 Å². The number of hydrogen-bond acceptors (Lipinski definition) is 10. The van der Waals surface area contributed by atoms with Crippen LogP contribution in [0.25, 0.3) is 31.7 Å². The number of aryl methyl sites for hydroxylation is 1. The lowest BCUT2D eigenvalue weighted by Crippen LogP contribution is -2.49. The number of hydrogen-bond donors (Lipinski definition) is 1. The maximum Gasteiger partial charge on any atom is 0.411 e. The molecule has 0 radical (unpaired) electrons. The number of anilines is 1. The zero-order valence-corrected chi connectivity index (χ0v) is 26.9. The van der Waals surface area contributed by atoms with E-state index in [0.717, 1.165) is 26.3 Å². The first-order chi connectivity index (χ1) is 20.3. The summed E-state index contributed by atoms with van der Waals surface area (Å²) < 4.78 is 14.2. The molecule has 0 spiro atoms. The summed E-state index contributed by atoms with van der Waals surface area (Å²) in [6.45, 7) is 8.93. The van der Waals surface area contributed by atoms with E-state index in [1.165, 1.54) is 11.2 Å². The van der Waals surface area contributed by atoms with E-state index in [1.807, 2.05) is 52.8 Å². The number of rotatable bonds is 7. The van der Waals surface area contributed by atoms with Crippen LogP contribution in [0.15, 0.2) is 24.5 Å². The largest absolute Gasteiger partial charge is 0.495 e. The molecule has 5 rings (SSSR count). The maximum absolute atomic E-state index is 13.7. The fraction of sp³-hybridized carbons (Fsp3) is 0.500. The van der Waals surface area contributed by atoms with E-state index in [1.54, 1.807) is 35.1 Å². The minimum absolute atomic E-state index is 0.145. The molecule has 43 heavy (non-hydrogen) atoms. The highest BCUT2D eigenvalue weighted by atomic mass is 32.1. The summed E-state index contributed by atoms with van der Waals surface area (Å²) in [5.41, 5.74) is 8.00. The van der Waals surface area contributed by atoms with Gasteiger partial charge in [-0.1, -0.05) is 6.07 Å². The van der Waals surface area contributed by atoms with Gasteiger partial charge in [0.2, 0.25) is 5.91 Å². The average molecular weight is 609 g/mol. The summed E-state index contributed by atoms with van der Waals surface area (Å²) in [6.07, 6.45) is 1.23. The Balaban J connectivity index is 1.57. The molecule has 1 fully saturated rings. The Morgan fingerprint density at radius 1 is 1.14 bits per heavy atom. The van der Waals surface area contributed by atoms with Gasteiger partial charge in [-0.3, -0.25) is 9.69 Å². The molecule has 230 valence electrons. The number of methoxy groups -OCH3 is 1. The second kappa shape index (κ2) is 11.6. The zero-order chi connectivity index (χ0) is 31.2. The zero-order valence-electron chi connectivity index (χ0n) is 26.0. The summed E-state index contributed by atoms with van der Waals surface area (Å²) in [5.74, 6) is 0.959. The second-order valence-electron chi connectivity index (χ2n) is 12.3. The Bertz CT molecular complexity index is 1670. The number of ether oxygens (including phenoxy) is 2. The number of nitrogens with zero attached hydrogens (tertiary/aromatic N) is 7. The minimum Gasteiger partial charge on any atom is -0.495 e. The van der Waals surface area contributed by atoms with Crippen molar-refractivity contribution in [2.75, 3.05) is 53.6 Å². The predicted octanol–water partition coefficient (Wildman–Crippen LogP) is 4.18. The number of likely N-dealkylation sites (N-methyl/N-ethyl adjacent to an activating group) is 2. The Morgan fingerprint density at radius 2 is 1.88 bits per heavy atom. The quantitative estimate of drug-likeness (QED) is 0.328. The van der Waals surface area contributed by atoms with Crippen LogP contribution in [-0.4, -0.2) is 106 Å². The third-order valence-corrected chi connectivity index (χ3v) is 8.67. The third kappa shape index (κ3) is 6.09. The molecule has 1 aliphatic heterocycles. The number of benzene rings is 1. The van der Waals surface area contributed by atoms with Crippen molar-refractivity contribution in [3.63, 3.8) is 0 Å². The van der Waals surface area contributed by atoms with Gasteiger partial charge < -0.3 is 25.0 Å². The smallest absolute Gasteiger partial charge is 0.411 e. The number of thiophene rings is 1. The molecule has 12 nitrogen and oxygen atoms in total. The fourth-order valence-electron chi connectivity index (χ4n) is 5.42. The molecular formula is C30H40N8O4S. The first-order valence-corrected chi connectivity index (χ1v) is 15.1. The topological polar surface area (TPSA) is 132 Å². The van der Waals surface area contributed by atoms with Gasteiger partial charge in [-0.05, 0) is 64.9 Å². The molecule has 4 aromatic rings. The lowest BCUT2D eigenvalue weighted by atomic mass is 10.1. The van der Waals surface area contributed by atoms with Crippen molar-refractivity contribution in [3.8, 4) is 16.3 Å². The molecule has 2 atom stereocenters. The molecule has 2 N–H and O–H groups in total. The van der Waals surface area contributed by atoms with E-state index in [9.17, 15) is 9.59 Å². The number of carbonyl (C=O) groups excluding carboxylic acids is 2. The normalized spacial score (nSPS) is 17.3. The molecule has 0 saturated carbocycles. The van der Waals surface area contributed by atoms with Gasteiger partial charge in [0.15, 0.2) is 5.65 Å². The monoisotopic (exact) mass is 608 g/mol. The highest BCUT2D eigenvalue weighted by molar-refractivity contribution is 7.22. The van der Waals surface area contributed by atoms with Crippen molar-refractivity contribution in [1.29, 1.82) is 0 Å². The molecule has 1 aliphatic rings. The first kappa shape index (κ1) is 30.5. The standard InChI is InChI=1S/C30H40N8O4S/c1-17-11-18-13-22(43-25(18)21(12-17)41-8)24-23-26(31)32-16-33-27(23)38(34-24)19-14-20(28(39)36(7)10-9-35(5)6)37(15-19)29(40)42-30(2,3)4/h11-13,16,19-20H,9-10,14-15H2,1-8H3,(H2,31,32,33). The number of nitrogens with two attached hydrogens (primary N) is 1. The van der Waals surface area contributed by atoms with Gasteiger partial charge in [-0.2, -0.15) is 5.10 Å². The van der Waals surface area contributed by atoms with Gasteiger partial charge in [0.25, 0.3) is 0 Å². The molecule has 1 saturated heterocycles. The van der Waals surface area contributed by atoms with Gasteiger partial charge >= 0.3 is 6.09 Å². The average Bonchev–Trinajstić information content (AvgIpc) is 3.65. The highest BCUT2D eigenvalue weighted by Crippen LogP contribution is 2.43. The summed E-state index contributed by atoms with van der Waals surface area (Å²) in [6, 6.07) is 5.12. The SMILES string of the molecule is COc1cc(C)cc2cc(-c3nn(C4CC(C(=O)N(C)CCN(C)C)N(C(=O)OC(C)(C)C)C4)c4ncnc(N)c34)sc12. The van der Waals surface area contributed by atoms with Crippen molar-refractivity contribution >= 4 is 50.3 Å². The first-order valence-electron chi connectivity index (χ1n) is 14.2. The van der Waals surface area contributed by atoms with Crippen LogP contribution in [0.4, 0.5) is 10.6 Å². The van der Waals surface area contributed by atoms with Crippen molar-refractivity contribution in [3.05, 3.63) is 30.1 Å².